The predicted octanol–water partition coefficient (Wildman–Crippen LogP) is 2.39. The van der Waals surface area contributed by atoms with Crippen molar-refractivity contribution < 1.29 is 9.47 Å². The third-order valence-corrected chi connectivity index (χ3v) is 3.85. The average molecular weight is 247 g/mol. The highest BCUT2D eigenvalue weighted by molar-refractivity contribution is 5.43. The largest absolute Gasteiger partial charge is 0.486 e. The number of piperidine rings is 1. The van der Waals surface area contributed by atoms with Crippen LogP contribution >= 0.6 is 0 Å². The van der Waals surface area contributed by atoms with Crippen LogP contribution in [0.15, 0.2) is 18.2 Å². The van der Waals surface area contributed by atoms with Crippen LogP contribution in [-0.4, -0.2) is 26.3 Å². The maximum atomic E-state index is 5.62. The number of rotatable bonds is 3. The van der Waals surface area contributed by atoms with Crippen LogP contribution in [0.2, 0.25) is 0 Å². The first kappa shape index (κ1) is 11.8. The lowest BCUT2D eigenvalue weighted by atomic mass is 9.92. The molecular formula is C15H21NO2. The van der Waals surface area contributed by atoms with E-state index in [9.17, 15) is 0 Å². The minimum absolute atomic E-state index is 0.667. The monoisotopic (exact) mass is 247 g/mol. The summed E-state index contributed by atoms with van der Waals surface area (Å²) < 4.78 is 11.2. The molecule has 1 atom stereocenters. The summed E-state index contributed by atoms with van der Waals surface area (Å²) in [6.07, 6.45) is 5.11. The van der Waals surface area contributed by atoms with Gasteiger partial charge in [-0.1, -0.05) is 6.07 Å². The molecule has 1 unspecified atom stereocenters. The summed E-state index contributed by atoms with van der Waals surface area (Å²) in [5.41, 5.74) is 1.37. The Hall–Kier alpha value is -1.22. The maximum Gasteiger partial charge on any atom is 0.161 e. The van der Waals surface area contributed by atoms with Gasteiger partial charge in [-0.2, -0.15) is 0 Å². The van der Waals surface area contributed by atoms with Crippen LogP contribution in [0.4, 0.5) is 0 Å². The average Bonchev–Trinajstić information content (AvgIpc) is 2.46. The van der Waals surface area contributed by atoms with Gasteiger partial charge in [0.05, 0.1) is 0 Å². The Kier molecular flexibility index (Phi) is 3.69. The molecule has 0 amide bonds. The number of hydrogen-bond acceptors (Lipinski definition) is 3. The smallest absolute Gasteiger partial charge is 0.161 e. The van der Waals surface area contributed by atoms with Crippen molar-refractivity contribution in [3.05, 3.63) is 23.8 Å². The van der Waals surface area contributed by atoms with E-state index >= 15 is 0 Å². The van der Waals surface area contributed by atoms with Crippen LogP contribution < -0.4 is 14.8 Å². The van der Waals surface area contributed by atoms with Crippen molar-refractivity contribution in [1.29, 1.82) is 0 Å². The van der Waals surface area contributed by atoms with Gasteiger partial charge in [0.1, 0.15) is 13.2 Å². The Balaban J connectivity index is 1.58. The molecule has 3 rings (SSSR count). The normalized spacial score (nSPS) is 22.8. The summed E-state index contributed by atoms with van der Waals surface area (Å²) >= 11 is 0. The van der Waals surface area contributed by atoms with Crippen molar-refractivity contribution >= 4 is 0 Å². The quantitative estimate of drug-likeness (QED) is 0.889. The molecule has 0 aromatic heterocycles. The molecule has 0 radical (unpaired) electrons. The zero-order valence-electron chi connectivity index (χ0n) is 10.8. The van der Waals surface area contributed by atoms with Crippen LogP contribution in [-0.2, 0) is 6.42 Å². The number of aryl methyl sites for hydroxylation is 1. The molecule has 1 N–H and O–H groups in total. The second kappa shape index (κ2) is 5.61. The SMILES string of the molecule is c1cc2c(cc1CCC1CCCNC1)OCCO2. The third-order valence-electron chi connectivity index (χ3n) is 3.85. The molecule has 0 bridgehead atoms. The molecule has 3 nitrogen and oxygen atoms in total. The van der Waals surface area contributed by atoms with Crippen LogP contribution in [0.25, 0.3) is 0 Å². The van der Waals surface area contributed by atoms with Crippen molar-refractivity contribution in [1.82, 2.24) is 5.32 Å². The fraction of sp³-hybridized carbons (Fsp3) is 0.600. The zero-order valence-corrected chi connectivity index (χ0v) is 10.8. The van der Waals surface area contributed by atoms with Gasteiger partial charge < -0.3 is 14.8 Å². The van der Waals surface area contributed by atoms with Crippen LogP contribution in [0, 0.1) is 5.92 Å². The molecular weight excluding hydrogens is 226 g/mol. The number of hydrogen-bond donors (Lipinski definition) is 1. The highest BCUT2D eigenvalue weighted by Crippen LogP contribution is 2.31. The van der Waals surface area contributed by atoms with E-state index in [-0.39, 0.29) is 0 Å². The summed E-state index contributed by atoms with van der Waals surface area (Å²) in [5.74, 6) is 2.65. The predicted molar refractivity (Wildman–Crippen MR) is 71.3 cm³/mol. The van der Waals surface area contributed by atoms with Gasteiger partial charge in [-0.15, -0.1) is 0 Å². The van der Waals surface area contributed by atoms with E-state index in [0.717, 1.165) is 23.8 Å². The topological polar surface area (TPSA) is 30.5 Å². The fourth-order valence-electron chi connectivity index (χ4n) is 2.78. The van der Waals surface area contributed by atoms with E-state index in [0.29, 0.717) is 13.2 Å². The van der Waals surface area contributed by atoms with Crippen LogP contribution in [0.5, 0.6) is 11.5 Å². The molecule has 0 aliphatic carbocycles. The van der Waals surface area contributed by atoms with Crippen molar-refractivity contribution in [2.45, 2.75) is 25.7 Å². The van der Waals surface area contributed by atoms with E-state index in [1.165, 1.54) is 37.9 Å². The molecule has 1 fully saturated rings. The molecule has 18 heavy (non-hydrogen) atoms. The second-order valence-electron chi connectivity index (χ2n) is 5.23. The standard InChI is InChI=1S/C15H21NO2/c1-2-13(11-16-7-1)4-3-12-5-6-14-15(10-12)18-9-8-17-14/h5-6,10,13,16H,1-4,7-9,11H2. The lowest BCUT2D eigenvalue weighted by Crippen LogP contribution is -2.29. The first-order valence-electron chi connectivity index (χ1n) is 7.01. The van der Waals surface area contributed by atoms with E-state index in [1.54, 1.807) is 0 Å². The zero-order chi connectivity index (χ0) is 12.2. The second-order valence-corrected chi connectivity index (χ2v) is 5.23. The van der Waals surface area contributed by atoms with Gasteiger partial charge in [0.15, 0.2) is 11.5 Å². The molecule has 98 valence electrons. The number of fused-ring (bicyclic) bond motifs is 1. The Labute approximate surface area is 108 Å². The molecule has 1 aromatic carbocycles. The van der Waals surface area contributed by atoms with Crippen molar-refractivity contribution in [3.8, 4) is 11.5 Å². The Morgan fingerprint density at radius 3 is 2.89 bits per heavy atom. The number of ether oxygens (including phenoxy) is 2. The Morgan fingerprint density at radius 2 is 2.06 bits per heavy atom. The summed E-state index contributed by atoms with van der Waals surface area (Å²) in [4.78, 5) is 0. The van der Waals surface area contributed by atoms with Gasteiger partial charge in [0.25, 0.3) is 0 Å². The first-order valence-corrected chi connectivity index (χ1v) is 7.01. The van der Waals surface area contributed by atoms with Crippen LogP contribution in [0.1, 0.15) is 24.8 Å². The number of nitrogens with one attached hydrogen (secondary N) is 1. The summed E-state index contributed by atoms with van der Waals surface area (Å²) in [7, 11) is 0. The molecule has 2 aliphatic heterocycles. The van der Waals surface area contributed by atoms with Gasteiger partial charge in [-0.25, -0.2) is 0 Å². The Morgan fingerprint density at radius 1 is 1.17 bits per heavy atom. The lowest BCUT2D eigenvalue weighted by Gasteiger charge is -2.23. The van der Waals surface area contributed by atoms with Gasteiger partial charge in [-0.3, -0.25) is 0 Å². The van der Waals surface area contributed by atoms with E-state index in [1.807, 2.05) is 6.07 Å². The van der Waals surface area contributed by atoms with Crippen LogP contribution in [0.3, 0.4) is 0 Å². The van der Waals surface area contributed by atoms with Crippen molar-refractivity contribution in [3.63, 3.8) is 0 Å². The lowest BCUT2D eigenvalue weighted by molar-refractivity contribution is 0.171. The Bertz CT molecular complexity index is 399. The van der Waals surface area contributed by atoms with Gasteiger partial charge in [0, 0.05) is 0 Å². The maximum absolute atomic E-state index is 5.62. The molecule has 2 heterocycles. The summed E-state index contributed by atoms with van der Waals surface area (Å²) in [6.45, 7) is 3.72. The highest BCUT2D eigenvalue weighted by atomic mass is 16.6. The summed E-state index contributed by atoms with van der Waals surface area (Å²) in [6, 6.07) is 6.36. The van der Waals surface area contributed by atoms with E-state index in [4.69, 9.17) is 9.47 Å². The third kappa shape index (κ3) is 2.78. The molecule has 2 aliphatic rings. The first-order chi connectivity index (χ1) is 8.92. The molecule has 0 spiro atoms. The molecule has 1 aromatic rings. The van der Waals surface area contributed by atoms with E-state index in [2.05, 4.69) is 17.4 Å². The highest BCUT2D eigenvalue weighted by Gasteiger charge is 2.14. The van der Waals surface area contributed by atoms with Crippen molar-refractivity contribution in [2.75, 3.05) is 26.3 Å². The summed E-state index contributed by atoms with van der Waals surface area (Å²) in [5, 5.41) is 3.48. The van der Waals surface area contributed by atoms with Gasteiger partial charge >= 0.3 is 0 Å². The fourth-order valence-corrected chi connectivity index (χ4v) is 2.78. The molecule has 0 saturated carbocycles. The van der Waals surface area contributed by atoms with Gasteiger partial charge in [0.2, 0.25) is 0 Å². The number of benzene rings is 1. The van der Waals surface area contributed by atoms with E-state index < -0.39 is 0 Å². The molecule has 1 saturated heterocycles. The minimum Gasteiger partial charge on any atom is -0.486 e. The van der Waals surface area contributed by atoms with Crippen molar-refractivity contribution in [2.24, 2.45) is 5.92 Å². The minimum atomic E-state index is 0.667. The van der Waals surface area contributed by atoms with Gasteiger partial charge in [-0.05, 0) is 62.4 Å². The molecule has 3 heteroatoms.